The van der Waals surface area contributed by atoms with E-state index in [-0.39, 0.29) is 0 Å². The molecule has 0 aromatic heterocycles. The Hall–Kier alpha value is -0.300. The summed E-state index contributed by atoms with van der Waals surface area (Å²) in [6.45, 7) is 4.11. The number of hydrogen-bond donors (Lipinski definition) is 1. The SMILES string of the molecule is C=CCCCCCC1(CO)CC1. The summed E-state index contributed by atoms with van der Waals surface area (Å²) < 4.78 is 0. The van der Waals surface area contributed by atoms with Crippen LogP contribution in [-0.4, -0.2) is 11.7 Å². The van der Waals surface area contributed by atoms with E-state index in [1.165, 1.54) is 38.5 Å². The molecule has 0 spiro atoms. The van der Waals surface area contributed by atoms with Crippen molar-refractivity contribution < 1.29 is 5.11 Å². The second-order valence-electron chi connectivity index (χ2n) is 4.05. The molecule has 0 saturated heterocycles. The van der Waals surface area contributed by atoms with Crippen molar-refractivity contribution in [2.75, 3.05) is 6.61 Å². The molecule has 1 aliphatic carbocycles. The van der Waals surface area contributed by atoms with Gasteiger partial charge in [-0.05, 0) is 37.5 Å². The molecule has 0 aliphatic heterocycles. The van der Waals surface area contributed by atoms with E-state index >= 15 is 0 Å². The molecule has 1 N–H and O–H groups in total. The highest BCUT2D eigenvalue weighted by Gasteiger charge is 2.40. The van der Waals surface area contributed by atoms with Gasteiger partial charge in [-0.15, -0.1) is 6.58 Å². The molecule has 0 unspecified atom stereocenters. The van der Waals surface area contributed by atoms with Crippen molar-refractivity contribution in [1.82, 2.24) is 0 Å². The molecule has 0 aromatic rings. The van der Waals surface area contributed by atoms with Crippen LogP contribution in [0.1, 0.15) is 44.9 Å². The number of aliphatic hydroxyl groups excluding tert-OH is 1. The Bertz CT molecular complexity index is 136. The van der Waals surface area contributed by atoms with E-state index < -0.39 is 0 Å². The van der Waals surface area contributed by atoms with Crippen LogP contribution in [0.5, 0.6) is 0 Å². The van der Waals surface area contributed by atoms with Gasteiger partial charge in [-0.2, -0.15) is 0 Å². The second kappa shape index (κ2) is 4.66. The van der Waals surface area contributed by atoms with Crippen molar-refractivity contribution in [1.29, 1.82) is 0 Å². The molecule has 0 radical (unpaired) electrons. The maximum atomic E-state index is 9.04. The number of allylic oxidation sites excluding steroid dienone is 1. The first-order chi connectivity index (χ1) is 5.83. The molecule has 1 nitrogen and oxygen atoms in total. The van der Waals surface area contributed by atoms with E-state index in [1.54, 1.807) is 0 Å². The molecule has 12 heavy (non-hydrogen) atoms. The van der Waals surface area contributed by atoms with Gasteiger partial charge in [-0.1, -0.05) is 18.9 Å². The van der Waals surface area contributed by atoms with Gasteiger partial charge < -0.3 is 5.11 Å². The van der Waals surface area contributed by atoms with Crippen LogP contribution >= 0.6 is 0 Å². The second-order valence-corrected chi connectivity index (χ2v) is 4.05. The predicted molar refractivity (Wildman–Crippen MR) is 52.0 cm³/mol. The summed E-state index contributed by atoms with van der Waals surface area (Å²) in [5, 5.41) is 9.04. The van der Waals surface area contributed by atoms with Crippen molar-refractivity contribution in [3.63, 3.8) is 0 Å². The lowest BCUT2D eigenvalue weighted by atomic mass is 9.99. The maximum absolute atomic E-state index is 9.04. The third kappa shape index (κ3) is 2.98. The summed E-state index contributed by atoms with van der Waals surface area (Å²) in [4.78, 5) is 0. The van der Waals surface area contributed by atoms with Crippen molar-refractivity contribution in [3.8, 4) is 0 Å². The van der Waals surface area contributed by atoms with Crippen LogP contribution in [0.2, 0.25) is 0 Å². The van der Waals surface area contributed by atoms with Crippen LogP contribution in [-0.2, 0) is 0 Å². The third-order valence-corrected chi connectivity index (χ3v) is 2.91. The van der Waals surface area contributed by atoms with Gasteiger partial charge in [-0.25, -0.2) is 0 Å². The maximum Gasteiger partial charge on any atom is 0.0487 e. The summed E-state index contributed by atoms with van der Waals surface area (Å²) in [6.07, 6.45) is 10.7. The minimum Gasteiger partial charge on any atom is -0.396 e. The van der Waals surface area contributed by atoms with Gasteiger partial charge in [0.15, 0.2) is 0 Å². The van der Waals surface area contributed by atoms with Gasteiger partial charge >= 0.3 is 0 Å². The predicted octanol–water partition coefficient (Wildman–Crippen LogP) is 2.90. The largest absolute Gasteiger partial charge is 0.396 e. The van der Waals surface area contributed by atoms with E-state index in [1.807, 2.05) is 6.08 Å². The highest BCUT2D eigenvalue weighted by molar-refractivity contribution is 4.91. The first-order valence-corrected chi connectivity index (χ1v) is 5.05. The molecule has 0 heterocycles. The molecule has 0 amide bonds. The average molecular weight is 168 g/mol. The fourth-order valence-corrected chi connectivity index (χ4v) is 1.63. The highest BCUT2D eigenvalue weighted by atomic mass is 16.3. The Morgan fingerprint density at radius 2 is 2.00 bits per heavy atom. The van der Waals surface area contributed by atoms with E-state index in [0.29, 0.717) is 12.0 Å². The summed E-state index contributed by atoms with van der Waals surface area (Å²) in [5.74, 6) is 0. The van der Waals surface area contributed by atoms with Gasteiger partial charge in [0.1, 0.15) is 0 Å². The first-order valence-electron chi connectivity index (χ1n) is 5.05. The molecule has 70 valence electrons. The Labute approximate surface area is 75.5 Å². The van der Waals surface area contributed by atoms with Crippen LogP contribution in [0, 0.1) is 5.41 Å². The van der Waals surface area contributed by atoms with Gasteiger partial charge in [0, 0.05) is 6.61 Å². The van der Waals surface area contributed by atoms with Crippen molar-refractivity contribution in [2.24, 2.45) is 5.41 Å². The minimum atomic E-state index is 0.369. The third-order valence-electron chi connectivity index (χ3n) is 2.91. The Morgan fingerprint density at radius 3 is 2.50 bits per heavy atom. The topological polar surface area (TPSA) is 20.2 Å². The molecule has 1 fully saturated rings. The van der Waals surface area contributed by atoms with Crippen molar-refractivity contribution in [2.45, 2.75) is 44.9 Å². The molecular formula is C11H20O. The Kier molecular flexibility index (Phi) is 3.80. The Morgan fingerprint density at radius 1 is 1.25 bits per heavy atom. The fourth-order valence-electron chi connectivity index (χ4n) is 1.63. The molecule has 1 rings (SSSR count). The number of rotatable bonds is 7. The van der Waals surface area contributed by atoms with Gasteiger partial charge in [0.25, 0.3) is 0 Å². The lowest BCUT2D eigenvalue weighted by Crippen LogP contribution is -2.05. The van der Waals surface area contributed by atoms with Crippen LogP contribution < -0.4 is 0 Å². The molecule has 1 aliphatic rings. The van der Waals surface area contributed by atoms with Crippen LogP contribution in [0.4, 0.5) is 0 Å². The van der Waals surface area contributed by atoms with E-state index in [2.05, 4.69) is 6.58 Å². The van der Waals surface area contributed by atoms with Crippen LogP contribution in [0.3, 0.4) is 0 Å². The van der Waals surface area contributed by atoms with E-state index in [9.17, 15) is 0 Å². The fraction of sp³-hybridized carbons (Fsp3) is 0.818. The normalized spacial score (nSPS) is 19.1. The number of hydrogen-bond acceptors (Lipinski definition) is 1. The summed E-state index contributed by atoms with van der Waals surface area (Å²) in [5.41, 5.74) is 0.369. The number of unbranched alkanes of at least 4 members (excludes halogenated alkanes) is 3. The molecular weight excluding hydrogens is 148 g/mol. The quantitative estimate of drug-likeness (QED) is 0.458. The van der Waals surface area contributed by atoms with Gasteiger partial charge in [0.2, 0.25) is 0 Å². The molecule has 1 saturated carbocycles. The van der Waals surface area contributed by atoms with E-state index in [4.69, 9.17) is 5.11 Å². The summed E-state index contributed by atoms with van der Waals surface area (Å²) >= 11 is 0. The average Bonchev–Trinajstić information content (AvgIpc) is 2.85. The van der Waals surface area contributed by atoms with E-state index in [0.717, 1.165) is 6.42 Å². The first kappa shape index (κ1) is 9.79. The van der Waals surface area contributed by atoms with Crippen LogP contribution in [0.15, 0.2) is 12.7 Å². The summed E-state index contributed by atoms with van der Waals surface area (Å²) in [7, 11) is 0. The van der Waals surface area contributed by atoms with Crippen molar-refractivity contribution in [3.05, 3.63) is 12.7 Å². The monoisotopic (exact) mass is 168 g/mol. The standard InChI is InChI=1S/C11H20O/c1-2-3-4-5-6-7-11(10-12)8-9-11/h2,12H,1,3-10H2. The minimum absolute atomic E-state index is 0.369. The zero-order valence-corrected chi connectivity index (χ0v) is 7.89. The molecule has 0 bridgehead atoms. The zero-order valence-electron chi connectivity index (χ0n) is 7.89. The van der Waals surface area contributed by atoms with Gasteiger partial charge in [0.05, 0.1) is 0 Å². The number of aliphatic hydroxyl groups is 1. The Balaban J connectivity index is 1.92. The van der Waals surface area contributed by atoms with Gasteiger partial charge in [-0.3, -0.25) is 0 Å². The highest BCUT2D eigenvalue weighted by Crippen LogP contribution is 2.49. The molecule has 0 atom stereocenters. The molecule has 0 aromatic carbocycles. The summed E-state index contributed by atoms with van der Waals surface area (Å²) in [6, 6.07) is 0. The van der Waals surface area contributed by atoms with Crippen LogP contribution in [0.25, 0.3) is 0 Å². The zero-order chi connectivity index (χ0) is 8.86. The smallest absolute Gasteiger partial charge is 0.0487 e. The lowest BCUT2D eigenvalue weighted by Gasteiger charge is -2.09. The molecule has 1 heteroatoms. The lowest BCUT2D eigenvalue weighted by molar-refractivity contribution is 0.200. The van der Waals surface area contributed by atoms with Crippen molar-refractivity contribution >= 4 is 0 Å².